The molecule has 4 aliphatic rings. The molecule has 1 amide bonds. The van der Waals surface area contributed by atoms with Crippen molar-refractivity contribution in [2.45, 2.75) is 44.9 Å². The molecule has 1 aromatic heterocycles. The maximum atomic E-state index is 12.4. The summed E-state index contributed by atoms with van der Waals surface area (Å²) in [5.41, 5.74) is 0.260. The van der Waals surface area contributed by atoms with E-state index < -0.39 is 0 Å². The summed E-state index contributed by atoms with van der Waals surface area (Å²) in [7, 11) is 0. The Morgan fingerprint density at radius 3 is 2.43 bits per heavy atom. The first-order valence-electron chi connectivity index (χ1n) is 7.89. The Balaban J connectivity index is 1.45. The van der Waals surface area contributed by atoms with Gasteiger partial charge in [-0.05, 0) is 79.4 Å². The zero-order valence-corrected chi connectivity index (χ0v) is 12.8. The van der Waals surface area contributed by atoms with Gasteiger partial charge < -0.3 is 5.32 Å². The fraction of sp³-hybridized carbons (Fsp3) is 0.688. The first-order chi connectivity index (χ1) is 10.1. The van der Waals surface area contributed by atoms with E-state index >= 15 is 0 Å². The highest BCUT2D eigenvalue weighted by atomic mass is 35.5. The van der Waals surface area contributed by atoms with Crippen molar-refractivity contribution >= 4 is 23.3 Å². The van der Waals surface area contributed by atoms with Crippen molar-refractivity contribution in [3.8, 4) is 0 Å². The van der Waals surface area contributed by atoms with Crippen LogP contribution < -0.4 is 5.32 Å². The molecular weight excluding hydrogens is 286 g/mol. The smallest absolute Gasteiger partial charge is 0.226 e. The van der Waals surface area contributed by atoms with Crippen molar-refractivity contribution in [2.75, 3.05) is 5.32 Å². The van der Waals surface area contributed by atoms with Gasteiger partial charge in [-0.2, -0.15) is 0 Å². The zero-order chi connectivity index (χ0) is 14.4. The van der Waals surface area contributed by atoms with E-state index in [4.69, 9.17) is 11.6 Å². The average Bonchev–Trinajstić information content (AvgIpc) is 2.35. The van der Waals surface area contributed by atoms with Gasteiger partial charge >= 0.3 is 0 Å². The summed E-state index contributed by atoms with van der Waals surface area (Å²) in [6, 6.07) is 1.68. The molecule has 0 atom stereocenters. The van der Waals surface area contributed by atoms with Gasteiger partial charge in [0.05, 0.1) is 0 Å². The van der Waals surface area contributed by atoms with Gasteiger partial charge in [-0.1, -0.05) is 0 Å². The van der Waals surface area contributed by atoms with Crippen molar-refractivity contribution < 1.29 is 4.79 Å². The van der Waals surface area contributed by atoms with E-state index in [2.05, 4.69) is 15.3 Å². The lowest BCUT2D eigenvalue weighted by molar-refractivity contribution is -0.124. The Kier molecular flexibility index (Phi) is 3.18. The largest absolute Gasteiger partial charge is 0.311 e. The topological polar surface area (TPSA) is 54.9 Å². The fourth-order valence-electron chi connectivity index (χ4n) is 5.44. The van der Waals surface area contributed by atoms with Gasteiger partial charge in [0.15, 0.2) is 0 Å². The summed E-state index contributed by atoms with van der Waals surface area (Å²) >= 11 is 5.75. The van der Waals surface area contributed by atoms with E-state index in [0.717, 1.165) is 17.8 Å². The van der Waals surface area contributed by atoms with E-state index in [1.54, 1.807) is 12.3 Å². The average molecular weight is 306 g/mol. The molecule has 1 aromatic rings. The van der Waals surface area contributed by atoms with E-state index in [0.29, 0.717) is 12.2 Å². The summed E-state index contributed by atoms with van der Waals surface area (Å²) in [4.78, 5) is 20.3. The third-order valence-electron chi connectivity index (χ3n) is 5.59. The second-order valence-corrected chi connectivity index (χ2v) is 7.69. The molecule has 1 heterocycles. The Bertz CT molecular complexity index is 539. The molecule has 0 radical (unpaired) electrons. The number of aromatic nitrogens is 2. The molecule has 1 N–H and O–H groups in total. The molecule has 5 rings (SSSR count). The Morgan fingerprint density at radius 1 is 1.24 bits per heavy atom. The van der Waals surface area contributed by atoms with Crippen LogP contribution in [-0.2, 0) is 4.79 Å². The lowest BCUT2D eigenvalue weighted by atomic mass is 9.49. The monoisotopic (exact) mass is 305 g/mol. The van der Waals surface area contributed by atoms with Gasteiger partial charge in [-0.3, -0.25) is 4.79 Å². The minimum absolute atomic E-state index is 0.0757. The summed E-state index contributed by atoms with van der Waals surface area (Å²) in [5, 5.41) is 3.05. The highest BCUT2D eigenvalue weighted by Crippen LogP contribution is 2.61. The Morgan fingerprint density at radius 2 is 1.86 bits per heavy atom. The molecule has 4 fully saturated rings. The van der Waals surface area contributed by atoms with Crippen molar-refractivity contribution in [3.63, 3.8) is 0 Å². The van der Waals surface area contributed by atoms with Gasteiger partial charge in [0.25, 0.3) is 0 Å². The van der Waals surface area contributed by atoms with Crippen LogP contribution in [0.15, 0.2) is 12.3 Å². The maximum Gasteiger partial charge on any atom is 0.226 e. The van der Waals surface area contributed by atoms with Crippen molar-refractivity contribution in [2.24, 2.45) is 23.2 Å². The van der Waals surface area contributed by atoms with Crippen LogP contribution in [0, 0.1) is 23.2 Å². The number of nitrogens with one attached hydrogen (secondary N) is 1. The lowest BCUT2D eigenvalue weighted by Gasteiger charge is -2.56. The normalized spacial score (nSPS) is 36.7. The first kappa shape index (κ1) is 13.5. The third-order valence-corrected chi connectivity index (χ3v) is 5.78. The molecule has 5 heteroatoms. The van der Waals surface area contributed by atoms with Gasteiger partial charge in [0, 0.05) is 12.6 Å². The molecule has 4 nitrogen and oxygen atoms in total. The Hall–Kier alpha value is -1.16. The molecule has 0 aromatic carbocycles. The van der Waals surface area contributed by atoms with Crippen molar-refractivity contribution in [1.82, 2.24) is 9.97 Å². The summed E-state index contributed by atoms with van der Waals surface area (Å²) < 4.78 is 0. The zero-order valence-electron chi connectivity index (χ0n) is 12.0. The number of hydrogen-bond acceptors (Lipinski definition) is 3. The minimum atomic E-state index is 0.0757. The maximum absolute atomic E-state index is 12.4. The first-order valence-corrected chi connectivity index (χ1v) is 8.26. The van der Waals surface area contributed by atoms with Crippen LogP contribution in [0.25, 0.3) is 0 Å². The predicted molar refractivity (Wildman–Crippen MR) is 80.9 cm³/mol. The van der Waals surface area contributed by atoms with Gasteiger partial charge in [0.2, 0.25) is 11.2 Å². The predicted octanol–water partition coefficient (Wildman–Crippen LogP) is 3.68. The molecule has 112 valence electrons. The highest BCUT2D eigenvalue weighted by molar-refractivity contribution is 6.28. The van der Waals surface area contributed by atoms with Crippen LogP contribution in [0.1, 0.15) is 44.9 Å². The highest BCUT2D eigenvalue weighted by Gasteiger charge is 2.51. The number of nitrogens with zero attached hydrogens (tertiary/aromatic N) is 2. The third kappa shape index (κ3) is 2.66. The number of anilines is 1. The van der Waals surface area contributed by atoms with Gasteiger partial charge in [-0.15, -0.1) is 0 Å². The molecule has 4 saturated carbocycles. The second-order valence-electron chi connectivity index (χ2n) is 7.35. The quantitative estimate of drug-likeness (QED) is 0.867. The minimum Gasteiger partial charge on any atom is -0.311 e. The van der Waals surface area contributed by atoms with Crippen molar-refractivity contribution in [3.05, 3.63) is 17.5 Å². The molecule has 4 bridgehead atoms. The molecule has 0 spiro atoms. The molecule has 4 aliphatic carbocycles. The standard InChI is InChI=1S/C16H20ClN3O/c17-15-18-2-1-13(20-15)19-14(21)9-16-6-10-3-11(7-16)5-12(4-10)8-16/h1-2,10-12H,3-9H2,(H,18,19,20,21). The lowest BCUT2D eigenvalue weighted by Crippen LogP contribution is -2.47. The SMILES string of the molecule is O=C(CC12CC3CC(CC(C3)C1)C2)Nc1ccnc(Cl)n1. The second kappa shape index (κ2) is 4.94. The summed E-state index contributed by atoms with van der Waals surface area (Å²) in [6.45, 7) is 0. The summed E-state index contributed by atoms with van der Waals surface area (Å²) in [6.07, 6.45) is 10.2. The number of halogens is 1. The molecule has 0 aliphatic heterocycles. The van der Waals surface area contributed by atoms with Gasteiger partial charge in [0.1, 0.15) is 5.82 Å². The molecule has 21 heavy (non-hydrogen) atoms. The molecular formula is C16H20ClN3O. The van der Waals surface area contributed by atoms with E-state index in [1.165, 1.54) is 38.5 Å². The Labute approximate surface area is 129 Å². The number of carbonyl (C=O) groups is 1. The molecule has 0 saturated heterocycles. The summed E-state index contributed by atoms with van der Waals surface area (Å²) in [5.74, 6) is 3.20. The van der Waals surface area contributed by atoms with Gasteiger partial charge in [-0.25, -0.2) is 9.97 Å². The fourth-order valence-corrected chi connectivity index (χ4v) is 5.59. The number of rotatable bonds is 3. The van der Waals surface area contributed by atoms with Crippen LogP contribution in [0.4, 0.5) is 5.82 Å². The van der Waals surface area contributed by atoms with Crippen molar-refractivity contribution in [1.29, 1.82) is 0 Å². The van der Waals surface area contributed by atoms with Crippen LogP contribution in [0.5, 0.6) is 0 Å². The van der Waals surface area contributed by atoms with Crippen LogP contribution in [0.3, 0.4) is 0 Å². The van der Waals surface area contributed by atoms with E-state index in [9.17, 15) is 4.79 Å². The van der Waals surface area contributed by atoms with Crippen LogP contribution in [0.2, 0.25) is 5.28 Å². The number of hydrogen-bond donors (Lipinski definition) is 1. The molecule has 0 unspecified atom stereocenters. The van der Waals surface area contributed by atoms with E-state index in [1.807, 2.05) is 0 Å². The van der Waals surface area contributed by atoms with Crippen LogP contribution >= 0.6 is 11.6 Å². The number of amides is 1. The number of carbonyl (C=O) groups excluding carboxylic acids is 1. The van der Waals surface area contributed by atoms with Crippen LogP contribution in [-0.4, -0.2) is 15.9 Å². The van der Waals surface area contributed by atoms with E-state index in [-0.39, 0.29) is 16.6 Å².